The lowest BCUT2D eigenvalue weighted by Crippen LogP contribution is -2.40. The number of rotatable bonds is 4. The molecule has 0 bridgehead atoms. The maximum atomic E-state index is 12.7. The summed E-state index contributed by atoms with van der Waals surface area (Å²) in [4.78, 5) is 0.318. The molecule has 0 heterocycles. The van der Waals surface area contributed by atoms with Gasteiger partial charge in [0.1, 0.15) is 0 Å². The van der Waals surface area contributed by atoms with Crippen LogP contribution in [0.2, 0.25) is 5.02 Å². The summed E-state index contributed by atoms with van der Waals surface area (Å²) in [6.07, 6.45) is 3.35. The van der Waals surface area contributed by atoms with Crippen LogP contribution in [0.15, 0.2) is 23.1 Å². The minimum absolute atomic E-state index is 0.00729. The number of aliphatic hydroxyl groups excluding tert-OH is 1. The van der Waals surface area contributed by atoms with E-state index in [1.54, 1.807) is 32.2 Å². The second-order valence-electron chi connectivity index (χ2n) is 5.79. The number of aliphatic hydroxyl groups is 1. The Bertz CT molecular complexity index is 595. The summed E-state index contributed by atoms with van der Waals surface area (Å²) >= 11 is 5.90. The summed E-state index contributed by atoms with van der Waals surface area (Å²) in [5, 5.41) is 9.71. The van der Waals surface area contributed by atoms with Crippen molar-refractivity contribution < 1.29 is 13.5 Å². The van der Waals surface area contributed by atoms with Crippen LogP contribution in [0.1, 0.15) is 31.2 Å². The zero-order valence-corrected chi connectivity index (χ0v) is 14.0. The molecule has 0 radical (unpaired) electrons. The monoisotopic (exact) mass is 331 g/mol. The largest absolute Gasteiger partial charge is 0.396 e. The molecule has 0 spiro atoms. The van der Waals surface area contributed by atoms with Crippen molar-refractivity contribution in [1.29, 1.82) is 0 Å². The second kappa shape index (κ2) is 6.65. The van der Waals surface area contributed by atoms with Crippen LogP contribution in [-0.2, 0) is 10.0 Å². The molecule has 0 amide bonds. The van der Waals surface area contributed by atoms with Crippen LogP contribution in [0.3, 0.4) is 0 Å². The predicted molar refractivity (Wildman–Crippen MR) is 84.0 cm³/mol. The smallest absolute Gasteiger partial charge is 0.243 e. The zero-order chi connectivity index (χ0) is 15.6. The van der Waals surface area contributed by atoms with Gasteiger partial charge < -0.3 is 5.11 Å². The minimum atomic E-state index is -3.50. The van der Waals surface area contributed by atoms with Crippen LogP contribution >= 0.6 is 11.6 Å². The van der Waals surface area contributed by atoms with E-state index in [2.05, 4.69) is 0 Å². The molecule has 0 saturated heterocycles. The van der Waals surface area contributed by atoms with Gasteiger partial charge in [-0.05, 0) is 62.3 Å². The summed E-state index contributed by atoms with van der Waals surface area (Å²) in [5.74, 6) is 0.314. The van der Waals surface area contributed by atoms with Gasteiger partial charge in [-0.25, -0.2) is 8.42 Å². The van der Waals surface area contributed by atoms with Crippen molar-refractivity contribution in [3.05, 3.63) is 28.8 Å². The average Bonchev–Trinajstić information content (AvgIpc) is 2.46. The van der Waals surface area contributed by atoms with Crippen molar-refractivity contribution in [1.82, 2.24) is 4.31 Å². The summed E-state index contributed by atoms with van der Waals surface area (Å²) in [6, 6.07) is 4.86. The SMILES string of the molecule is Cc1cc(Cl)ccc1S(=O)(=O)N(C)C1CCC(CO)CC1. The van der Waals surface area contributed by atoms with Crippen molar-refractivity contribution in [3.63, 3.8) is 0 Å². The van der Waals surface area contributed by atoms with Crippen molar-refractivity contribution >= 4 is 21.6 Å². The highest BCUT2D eigenvalue weighted by atomic mass is 35.5. The molecule has 1 fully saturated rings. The van der Waals surface area contributed by atoms with E-state index >= 15 is 0 Å². The molecular formula is C15H22ClNO3S. The molecule has 1 N–H and O–H groups in total. The minimum Gasteiger partial charge on any atom is -0.396 e. The summed E-state index contributed by atoms with van der Waals surface area (Å²) in [6.45, 7) is 1.95. The molecule has 0 atom stereocenters. The highest BCUT2D eigenvalue weighted by Gasteiger charge is 2.32. The quantitative estimate of drug-likeness (QED) is 0.923. The fraction of sp³-hybridized carbons (Fsp3) is 0.600. The van der Waals surface area contributed by atoms with E-state index < -0.39 is 10.0 Å². The molecule has 0 aromatic heterocycles. The fourth-order valence-electron chi connectivity index (χ4n) is 2.94. The van der Waals surface area contributed by atoms with Crippen molar-refractivity contribution in [2.75, 3.05) is 13.7 Å². The number of hydrogen-bond acceptors (Lipinski definition) is 3. The molecule has 21 heavy (non-hydrogen) atoms. The van der Waals surface area contributed by atoms with Gasteiger partial charge >= 0.3 is 0 Å². The summed E-state index contributed by atoms with van der Waals surface area (Å²) in [5.41, 5.74) is 0.665. The van der Waals surface area contributed by atoms with E-state index in [4.69, 9.17) is 11.6 Å². The van der Waals surface area contributed by atoms with Gasteiger partial charge in [-0.15, -0.1) is 0 Å². The predicted octanol–water partition coefficient (Wildman–Crippen LogP) is 2.82. The maximum Gasteiger partial charge on any atom is 0.243 e. The number of halogens is 1. The van der Waals surface area contributed by atoms with Gasteiger partial charge in [0.15, 0.2) is 0 Å². The molecule has 1 aliphatic rings. The first kappa shape index (κ1) is 16.7. The third-order valence-corrected chi connectivity index (χ3v) is 6.69. The topological polar surface area (TPSA) is 57.6 Å². The molecule has 2 rings (SSSR count). The fourth-order valence-corrected chi connectivity index (χ4v) is 4.79. The van der Waals surface area contributed by atoms with Gasteiger partial charge in [0.25, 0.3) is 0 Å². The van der Waals surface area contributed by atoms with E-state index in [1.165, 1.54) is 4.31 Å². The molecule has 118 valence electrons. The Morgan fingerprint density at radius 3 is 2.43 bits per heavy atom. The van der Waals surface area contributed by atoms with Crippen LogP contribution in [0.4, 0.5) is 0 Å². The van der Waals surface area contributed by atoms with E-state index in [1.807, 2.05) is 0 Å². The number of sulfonamides is 1. The molecule has 0 unspecified atom stereocenters. The molecule has 6 heteroatoms. The Balaban J connectivity index is 2.19. The lowest BCUT2D eigenvalue weighted by molar-refractivity contribution is 0.159. The van der Waals surface area contributed by atoms with Gasteiger partial charge in [0.05, 0.1) is 4.90 Å². The maximum absolute atomic E-state index is 12.7. The second-order valence-corrected chi connectivity index (χ2v) is 8.19. The first-order chi connectivity index (χ1) is 9.86. The van der Waals surface area contributed by atoms with Crippen LogP contribution in [0.25, 0.3) is 0 Å². The Labute approximate surface area is 131 Å². The lowest BCUT2D eigenvalue weighted by Gasteiger charge is -2.33. The lowest BCUT2D eigenvalue weighted by atomic mass is 9.87. The highest BCUT2D eigenvalue weighted by Crippen LogP contribution is 2.31. The van der Waals surface area contributed by atoms with Crippen molar-refractivity contribution in [2.45, 2.75) is 43.5 Å². The van der Waals surface area contributed by atoms with E-state index in [-0.39, 0.29) is 12.6 Å². The Morgan fingerprint density at radius 1 is 1.29 bits per heavy atom. The number of aryl methyl sites for hydroxylation is 1. The highest BCUT2D eigenvalue weighted by molar-refractivity contribution is 7.89. The van der Waals surface area contributed by atoms with Crippen molar-refractivity contribution in [3.8, 4) is 0 Å². The van der Waals surface area contributed by atoms with Gasteiger partial charge in [0, 0.05) is 24.7 Å². The first-order valence-corrected chi connectivity index (χ1v) is 9.03. The third-order valence-electron chi connectivity index (χ3n) is 4.38. The van der Waals surface area contributed by atoms with E-state index in [0.717, 1.165) is 25.7 Å². The van der Waals surface area contributed by atoms with Crippen LogP contribution in [-0.4, -0.2) is 37.5 Å². The number of benzene rings is 1. The molecule has 1 aliphatic carbocycles. The molecule has 1 aromatic rings. The van der Waals surface area contributed by atoms with Gasteiger partial charge in [-0.2, -0.15) is 4.31 Å². The number of nitrogens with zero attached hydrogens (tertiary/aromatic N) is 1. The van der Waals surface area contributed by atoms with Crippen LogP contribution < -0.4 is 0 Å². The average molecular weight is 332 g/mol. The molecular weight excluding hydrogens is 310 g/mol. The van der Waals surface area contributed by atoms with Gasteiger partial charge in [0.2, 0.25) is 10.0 Å². The van der Waals surface area contributed by atoms with Crippen molar-refractivity contribution in [2.24, 2.45) is 5.92 Å². The summed E-state index contributed by atoms with van der Waals surface area (Å²) in [7, 11) is -1.85. The van der Waals surface area contributed by atoms with Crippen LogP contribution in [0, 0.1) is 12.8 Å². The van der Waals surface area contributed by atoms with Gasteiger partial charge in [-0.1, -0.05) is 11.6 Å². The summed E-state index contributed by atoms with van der Waals surface area (Å²) < 4.78 is 27.0. The third kappa shape index (κ3) is 3.59. The Morgan fingerprint density at radius 2 is 1.90 bits per heavy atom. The van der Waals surface area contributed by atoms with Crippen LogP contribution in [0.5, 0.6) is 0 Å². The van der Waals surface area contributed by atoms with Gasteiger partial charge in [-0.3, -0.25) is 0 Å². The molecule has 1 saturated carbocycles. The molecule has 0 aliphatic heterocycles. The molecule has 1 aromatic carbocycles. The Kier molecular flexibility index (Phi) is 5.30. The Hall–Kier alpha value is -0.620. The standard InChI is InChI=1S/C15H22ClNO3S/c1-11-9-13(16)5-8-15(11)21(19,20)17(2)14-6-3-12(10-18)4-7-14/h5,8-9,12,14,18H,3-4,6-7,10H2,1-2H3. The zero-order valence-electron chi connectivity index (χ0n) is 12.4. The van der Waals surface area contributed by atoms with E-state index in [0.29, 0.717) is 21.4 Å². The normalized spacial score (nSPS) is 23.5. The number of hydrogen-bond donors (Lipinski definition) is 1. The van der Waals surface area contributed by atoms with E-state index in [9.17, 15) is 13.5 Å². The first-order valence-electron chi connectivity index (χ1n) is 7.21. The molecule has 4 nitrogen and oxygen atoms in total.